The van der Waals surface area contributed by atoms with Gasteiger partial charge in [0.1, 0.15) is 10.8 Å². The molecule has 2 aromatic heterocycles. The molecule has 9 heteroatoms. The van der Waals surface area contributed by atoms with Gasteiger partial charge < -0.3 is 14.5 Å². The highest BCUT2D eigenvalue weighted by Crippen LogP contribution is 2.27. The number of para-hydroxylation sites is 1. The van der Waals surface area contributed by atoms with Crippen molar-refractivity contribution in [3.05, 3.63) is 70.2 Å². The van der Waals surface area contributed by atoms with Gasteiger partial charge in [0, 0.05) is 22.4 Å². The Balaban J connectivity index is 1.31. The van der Waals surface area contributed by atoms with Crippen molar-refractivity contribution in [3.63, 3.8) is 0 Å². The molecular formula is C22H20N4O3S2. The lowest BCUT2D eigenvalue weighted by Crippen LogP contribution is -2.15. The number of aromatic nitrogens is 3. The molecule has 0 aliphatic rings. The van der Waals surface area contributed by atoms with Crippen LogP contribution in [0, 0.1) is 6.92 Å². The molecule has 4 aromatic rings. The molecule has 0 radical (unpaired) electrons. The van der Waals surface area contributed by atoms with Crippen LogP contribution in [0.1, 0.15) is 16.3 Å². The number of thiazole rings is 1. The Morgan fingerprint density at radius 2 is 1.97 bits per heavy atom. The van der Waals surface area contributed by atoms with E-state index in [9.17, 15) is 4.79 Å². The van der Waals surface area contributed by atoms with Crippen LogP contribution in [0.4, 0.5) is 5.69 Å². The van der Waals surface area contributed by atoms with Crippen LogP contribution in [-0.2, 0) is 17.0 Å². The topological polar surface area (TPSA) is 90.1 Å². The number of amides is 1. The molecule has 0 bridgehead atoms. The van der Waals surface area contributed by atoms with Crippen LogP contribution in [0.25, 0.3) is 11.5 Å². The number of carbonyl (C=O) groups is 1. The Bertz CT molecular complexity index is 1170. The van der Waals surface area contributed by atoms with E-state index in [0.717, 1.165) is 33.3 Å². The zero-order valence-electron chi connectivity index (χ0n) is 17.0. The second-order valence-corrected chi connectivity index (χ2v) is 8.53. The summed E-state index contributed by atoms with van der Waals surface area (Å²) in [6.07, 6.45) is 0.242. The fourth-order valence-electron chi connectivity index (χ4n) is 2.80. The van der Waals surface area contributed by atoms with Gasteiger partial charge in [0.15, 0.2) is 0 Å². The number of hydrogen-bond acceptors (Lipinski definition) is 8. The third-order valence-corrected chi connectivity index (χ3v) is 6.17. The molecule has 2 aromatic carbocycles. The van der Waals surface area contributed by atoms with Crippen LogP contribution in [-0.4, -0.2) is 28.2 Å². The van der Waals surface area contributed by atoms with Crippen molar-refractivity contribution in [3.8, 4) is 17.2 Å². The van der Waals surface area contributed by atoms with E-state index in [4.69, 9.17) is 9.15 Å². The fourth-order valence-corrected chi connectivity index (χ4v) is 4.35. The number of benzene rings is 2. The molecule has 31 heavy (non-hydrogen) atoms. The first-order valence-corrected chi connectivity index (χ1v) is 11.4. The smallest absolute Gasteiger partial charge is 0.277 e. The summed E-state index contributed by atoms with van der Waals surface area (Å²) < 4.78 is 10.9. The summed E-state index contributed by atoms with van der Waals surface area (Å²) in [6.45, 7) is 1.96. The van der Waals surface area contributed by atoms with Crippen molar-refractivity contribution in [2.45, 2.75) is 24.3 Å². The maximum Gasteiger partial charge on any atom is 0.277 e. The first-order chi connectivity index (χ1) is 15.1. The first-order valence-electron chi connectivity index (χ1n) is 9.50. The minimum Gasteiger partial charge on any atom is -0.497 e. The zero-order chi connectivity index (χ0) is 21.6. The normalized spacial score (nSPS) is 10.8. The van der Waals surface area contributed by atoms with Crippen LogP contribution < -0.4 is 10.1 Å². The van der Waals surface area contributed by atoms with Gasteiger partial charge in [0.2, 0.25) is 11.8 Å². The SMILES string of the molecule is COc1ccc(-c2nnc(SCc3csc(CC(=O)Nc4ccccc4C)n3)o2)cc1. The van der Waals surface area contributed by atoms with Crippen molar-refractivity contribution < 1.29 is 13.9 Å². The third kappa shape index (κ3) is 5.50. The van der Waals surface area contributed by atoms with Gasteiger partial charge in [0.05, 0.1) is 19.2 Å². The van der Waals surface area contributed by atoms with Gasteiger partial charge in [0.25, 0.3) is 5.22 Å². The van der Waals surface area contributed by atoms with E-state index >= 15 is 0 Å². The van der Waals surface area contributed by atoms with E-state index < -0.39 is 0 Å². The van der Waals surface area contributed by atoms with Crippen LogP contribution in [0.2, 0.25) is 0 Å². The van der Waals surface area contributed by atoms with Gasteiger partial charge in [-0.05, 0) is 42.8 Å². The van der Waals surface area contributed by atoms with Gasteiger partial charge in [-0.15, -0.1) is 21.5 Å². The first kappa shape index (κ1) is 21.1. The molecule has 2 heterocycles. The number of thioether (sulfide) groups is 1. The molecule has 0 unspecified atom stereocenters. The van der Waals surface area contributed by atoms with Gasteiger partial charge in [-0.2, -0.15) is 0 Å². The monoisotopic (exact) mass is 452 g/mol. The van der Waals surface area contributed by atoms with Gasteiger partial charge in [-0.1, -0.05) is 30.0 Å². The second-order valence-electron chi connectivity index (χ2n) is 6.66. The summed E-state index contributed by atoms with van der Waals surface area (Å²) >= 11 is 2.88. The lowest BCUT2D eigenvalue weighted by molar-refractivity contribution is -0.115. The van der Waals surface area contributed by atoms with Gasteiger partial charge >= 0.3 is 0 Å². The van der Waals surface area contributed by atoms with Crippen LogP contribution in [0.15, 0.2) is 63.6 Å². The quantitative estimate of drug-likeness (QED) is 0.377. The Morgan fingerprint density at radius 3 is 2.74 bits per heavy atom. The molecule has 158 valence electrons. The summed E-state index contributed by atoms with van der Waals surface area (Å²) in [5, 5.41) is 14.3. The predicted molar refractivity (Wildman–Crippen MR) is 121 cm³/mol. The Morgan fingerprint density at radius 1 is 1.16 bits per heavy atom. The molecule has 0 saturated carbocycles. The van der Waals surface area contributed by atoms with Gasteiger partial charge in [-0.25, -0.2) is 4.98 Å². The maximum absolute atomic E-state index is 12.3. The summed E-state index contributed by atoms with van der Waals surface area (Å²) in [7, 11) is 1.62. The molecule has 7 nitrogen and oxygen atoms in total. The molecule has 0 atom stereocenters. The molecular weight excluding hydrogens is 432 g/mol. The van der Waals surface area contributed by atoms with Gasteiger partial charge in [-0.3, -0.25) is 4.79 Å². The second kappa shape index (κ2) is 9.76. The van der Waals surface area contributed by atoms with Crippen LogP contribution in [0.5, 0.6) is 5.75 Å². The van der Waals surface area contributed by atoms with E-state index in [0.29, 0.717) is 16.9 Å². The average Bonchev–Trinajstić information content (AvgIpc) is 3.43. The summed E-state index contributed by atoms with van der Waals surface area (Å²) in [5.74, 6) is 1.73. The van der Waals surface area contributed by atoms with E-state index in [1.807, 2.05) is 60.8 Å². The number of carbonyl (C=O) groups excluding carboxylic acids is 1. The Kier molecular flexibility index (Phi) is 6.63. The summed E-state index contributed by atoms with van der Waals surface area (Å²) in [4.78, 5) is 16.9. The Labute approximate surface area is 187 Å². The minimum atomic E-state index is -0.0797. The summed E-state index contributed by atoms with van der Waals surface area (Å²) in [6, 6.07) is 15.1. The van der Waals surface area contributed by atoms with Crippen LogP contribution in [0.3, 0.4) is 0 Å². The van der Waals surface area contributed by atoms with Crippen molar-refractivity contribution in [2.75, 3.05) is 12.4 Å². The van der Waals surface area contributed by atoms with Crippen molar-refractivity contribution in [1.29, 1.82) is 0 Å². The predicted octanol–water partition coefficient (Wildman–Crippen LogP) is 4.98. The van der Waals surface area contributed by atoms with Crippen molar-refractivity contribution >= 4 is 34.7 Å². The third-order valence-electron chi connectivity index (χ3n) is 4.42. The molecule has 0 saturated heterocycles. The van der Waals surface area contributed by atoms with E-state index in [2.05, 4.69) is 20.5 Å². The number of methoxy groups -OCH3 is 1. The zero-order valence-corrected chi connectivity index (χ0v) is 18.6. The number of hydrogen-bond donors (Lipinski definition) is 1. The Hall–Kier alpha value is -3.17. The summed E-state index contributed by atoms with van der Waals surface area (Å²) in [5.41, 5.74) is 3.55. The average molecular weight is 453 g/mol. The lowest BCUT2D eigenvalue weighted by atomic mass is 10.2. The molecule has 1 amide bonds. The molecule has 4 rings (SSSR count). The molecule has 0 aliphatic heterocycles. The molecule has 0 fully saturated rings. The number of rotatable bonds is 8. The molecule has 1 N–H and O–H groups in total. The number of nitrogens with one attached hydrogen (secondary N) is 1. The maximum atomic E-state index is 12.3. The number of nitrogens with zero attached hydrogens (tertiary/aromatic N) is 3. The largest absolute Gasteiger partial charge is 0.497 e. The van der Waals surface area contributed by atoms with E-state index in [1.165, 1.54) is 23.1 Å². The van der Waals surface area contributed by atoms with Crippen molar-refractivity contribution in [1.82, 2.24) is 15.2 Å². The number of anilines is 1. The number of aryl methyl sites for hydroxylation is 1. The highest BCUT2D eigenvalue weighted by molar-refractivity contribution is 7.98. The highest BCUT2D eigenvalue weighted by Gasteiger charge is 2.12. The van der Waals surface area contributed by atoms with E-state index in [-0.39, 0.29) is 12.3 Å². The minimum absolute atomic E-state index is 0.0797. The standard InChI is InChI=1S/C22H20N4O3S2/c1-14-5-3-4-6-18(14)24-19(27)11-20-23-16(12-30-20)13-31-22-26-25-21(29-22)15-7-9-17(28-2)10-8-15/h3-10,12H,11,13H2,1-2H3,(H,24,27). The fraction of sp³-hybridized carbons (Fsp3) is 0.182. The molecule has 0 aliphatic carbocycles. The lowest BCUT2D eigenvalue weighted by Gasteiger charge is -2.06. The van der Waals surface area contributed by atoms with Crippen molar-refractivity contribution in [2.24, 2.45) is 0 Å². The van der Waals surface area contributed by atoms with E-state index in [1.54, 1.807) is 7.11 Å². The molecule has 0 spiro atoms. The number of ether oxygens (including phenoxy) is 1. The highest BCUT2D eigenvalue weighted by atomic mass is 32.2. The van der Waals surface area contributed by atoms with Crippen LogP contribution >= 0.6 is 23.1 Å².